The molecule has 2 atom stereocenters. The van der Waals surface area contributed by atoms with Crippen LogP contribution in [0.4, 0.5) is 20.9 Å². The fourth-order valence-electron chi connectivity index (χ4n) is 2.78. The summed E-state index contributed by atoms with van der Waals surface area (Å²) in [6.45, 7) is 6.50. The minimum absolute atomic E-state index is 0.103. The topological polar surface area (TPSA) is 89.8 Å². The molecule has 0 spiro atoms. The van der Waals surface area contributed by atoms with E-state index in [4.69, 9.17) is 14.2 Å². The molecule has 0 heterocycles. The van der Waals surface area contributed by atoms with E-state index in [1.54, 1.807) is 19.2 Å². The Bertz CT molecular complexity index is 967. The summed E-state index contributed by atoms with van der Waals surface area (Å²) >= 11 is 0. The molecule has 0 amide bonds. The largest absolute Gasteiger partial charge is 0.494 e. The van der Waals surface area contributed by atoms with Crippen molar-refractivity contribution in [3.05, 3.63) is 42.5 Å². The van der Waals surface area contributed by atoms with Crippen LogP contribution in [-0.2, 0) is 19.7 Å². The highest BCUT2D eigenvalue weighted by Crippen LogP contribution is 2.32. The van der Waals surface area contributed by atoms with Crippen molar-refractivity contribution >= 4 is 27.3 Å². The molecule has 0 radical (unpaired) electrons. The van der Waals surface area contributed by atoms with Crippen LogP contribution in [0, 0.1) is 0 Å². The highest BCUT2D eigenvalue weighted by molar-refractivity contribution is 7.86. The van der Waals surface area contributed by atoms with E-state index in [0.717, 1.165) is 24.4 Å². The second-order valence-corrected chi connectivity index (χ2v) is 7.66. The average Bonchev–Trinajstić information content (AvgIpc) is 2.72. The van der Waals surface area contributed by atoms with Gasteiger partial charge in [0.05, 0.1) is 12.8 Å². The highest BCUT2D eigenvalue weighted by atomic mass is 32.3. The molecule has 0 N–H and O–H groups in total. The van der Waals surface area contributed by atoms with Gasteiger partial charge in [0.25, 0.3) is 0 Å². The molecule has 0 fully saturated rings. The first-order valence-electron chi connectivity index (χ1n) is 9.29. The van der Waals surface area contributed by atoms with Gasteiger partial charge in [-0.1, -0.05) is 0 Å². The van der Waals surface area contributed by atoms with E-state index in [0.29, 0.717) is 5.69 Å². The quantitative estimate of drug-likeness (QED) is 0.296. The summed E-state index contributed by atoms with van der Waals surface area (Å²) in [5.74, 6) is 0.276. The van der Waals surface area contributed by atoms with E-state index in [1.807, 2.05) is 32.9 Å². The van der Waals surface area contributed by atoms with Crippen molar-refractivity contribution in [2.24, 2.45) is 10.2 Å². The molecule has 2 rings (SSSR count). The average molecular weight is 440 g/mol. The highest BCUT2D eigenvalue weighted by Gasteiger charge is 2.17. The third kappa shape index (κ3) is 6.22. The van der Waals surface area contributed by atoms with E-state index in [9.17, 15) is 12.3 Å². The summed E-state index contributed by atoms with van der Waals surface area (Å²) < 4.78 is 51.6. The van der Waals surface area contributed by atoms with Crippen LogP contribution >= 0.6 is 0 Å². The van der Waals surface area contributed by atoms with Gasteiger partial charge in [-0.25, -0.2) is 0 Å². The molecular formula is C20H26FN3O5S. The van der Waals surface area contributed by atoms with E-state index >= 15 is 0 Å². The normalized spacial score (nSPS) is 13.9. The Hall–Kier alpha value is -2.56. The predicted molar refractivity (Wildman–Crippen MR) is 112 cm³/mol. The van der Waals surface area contributed by atoms with Gasteiger partial charge in [0, 0.05) is 19.3 Å². The van der Waals surface area contributed by atoms with Gasteiger partial charge in [0.1, 0.15) is 22.6 Å². The first-order chi connectivity index (χ1) is 14.2. The number of ether oxygens (including phenoxy) is 3. The minimum atomic E-state index is -4.85. The Morgan fingerprint density at radius 3 is 2.27 bits per heavy atom. The van der Waals surface area contributed by atoms with Gasteiger partial charge < -0.3 is 19.1 Å². The van der Waals surface area contributed by atoms with Crippen LogP contribution in [0.5, 0.6) is 5.75 Å². The van der Waals surface area contributed by atoms with Gasteiger partial charge in [-0.05, 0) is 63.2 Å². The molecule has 10 heteroatoms. The van der Waals surface area contributed by atoms with Gasteiger partial charge in [-0.2, -0.15) is 13.5 Å². The Labute approximate surface area is 176 Å². The number of anilines is 1. The number of hydrogen-bond acceptors (Lipinski definition) is 8. The molecule has 8 nitrogen and oxygen atoms in total. The monoisotopic (exact) mass is 439 g/mol. The van der Waals surface area contributed by atoms with Crippen molar-refractivity contribution in [2.45, 2.75) is 38.2 Å². The summed E-state index contributed by atoms with van der Waals surface area (Å²) in [5.41, 5.74) is 1.56. The maximum atomic E-state index is 13.3. The third-order valence-electron chi connectivity index (χ3n) is 4.39. The molecule has 0 aromatic heterocycles. The smallest absolute Gasteiger partial charge is 0.332 e. The fourth-order valence-corrected chi connectivity index (χ4v) is 3.26. The van der Waals surface area contributed by atoms with E-state index in [1.165, 1.54) is 13.2 Å². The number of hydrogen-bond donors (Lipinski definition) is 0. The zero-order valence-corrected chi connectivity index (χ0v) is 18.4. The zero-order valence-electron chi connectivity index (χ0n) is 17.6. The number of nitrogens with zero attached hydrogens (tertiary/aromatic N) is 3. The summed E-state index contributed by atoms with van der Waals surface area (Å²) in [6.07, 6.45) is -0.534. The van der Waals surface area contributed by atoms with Crippen molar-refractivity contribution in [3.8, 4) is 5.75 Å². The lowest BCUT2D eigenvalue weighted by atomic mass is 10.2. The second kappa shape index (κ2) is 10.5. The van der Waals surface area contributed by atoms with E-state index < -0.39 is 15.1 Å². The van der Waals surface area contributed by atoms with Crippen molar-refractivity contribution in [2.75, 3.05) is 25.7 Å². The maximum absolute atomic E-state index is 13.3. The van der Waals surface area contributed by atoms with Crippen LogP contribution in [0.3, 0.4) is 0 Å². The fraction of sp³-hybridized carbons (Fsp3) is 0.400. The third-order valence-corrected chi connectivity index (χ3v) is 5.20. The van der Waals surface area contributed by atoms with Crippen molar-refractivity contribution in [1.29, 1.82) is 0 Å². The Morgan fingerprint density at radius 1 is 1.07 bits per heavy atom. The van der Waals surface area contributed by atoms with Crippen LogP contribution in [0.1, 0.15) is 20.8 Å². The SMILES string of the molecule is CCN(c1ccc(N=Nc2cc(S(=O)(=O)F)ccc2OC)cc1)C(C)OC(C)OC. The maximum Gasteiger partial charge on any atom is 0.332 e. The lowest BCUT2D eigenvalue weighted by molar-refractivity contribution is -0.138. The molecule has 0 saturated heterocycles. The van der Waals surface area contributed by atoms with Gasteiger partial charge in [-0.3, -0.25) is 0 Å². The van der Waals surface area contributed by atoms with Crippen LogP contribution in [0.2, 0.25) is 0 Å². The molecule has 2 aromatic rings. The molecule has 0 aliphatic carbocycles. The first-order valence-corrected chi connectivity index (χ1v) is 10.7. The predicted octanol–water partition coefficient (Wildman–Crippen LogP) is 4.95. The molecule has 0 saturated carbocycles. The summed E-state index contributed by atoms with van der Waals surface area (Å²) in [5, 5.41) is 8.11. The van der Waals surface area contributed by atoms with Gasteiger partial charge in [0.2, 0.25) is 0 Å². The second-order valence-electron chi connectivity index (χ2n) is 6.31. The van der Waals surface area contributed by atoms with Gasteiger partial charge in [0.15, 0.2) is 6.29 Å². The number of rotatable bonds is 10. The standard InChI is InChI=1S/C20H26FN3O5S/c1-6-24(14(2)29-15(3)27-4)17-9-7-16(8-10-17)22-23-19-13-18(30(21,25)26)11-12-20(19)28-5/h7-15H,6H2,1-5H3. The number of halogens is 1. The van der Waals surface area contributed by atoms with Crippen LogP contribution in [0.25, 0.3) is 0 Å². The zero-order chi connectivity index (χ0) is 22.3. The van der Waals surface area contributed by atoms with Crippen molar-refractivity contribution in [3.63, 3.8) is 0 Å². The molecule has 0 bridgehead atoms. The summed E-state index contributed by atoms with van der Waals surface area (Å²) in [4.78, 5) is 1.54. The lowest BCUT2D eigenvalue weighted by Crippen LogP contribution is -2.37. The molecule has 0 aliphatic rings. The minimum Gasteiger partial charge on any atom is -0.494 e. The molecular weight excluding hydrogens is 413 g/mol. The molecule has 0 aliphatic heterocycles. The summed E-state index contributed by atoms with van der Waals surface area (Å²) in [6, 6.07) is 10.8. The van der Waals surface area contributed by atoms with Crippen molar-refractivity contribution < 1.29 is 26.5 Å². The first kappa shape index (κ1) is 23.7. The molecule has 2 unspecified atom stereocenters. The van der Waals surface area contributed by atoms with E-state index in [-0.39, 0.29) is 24.0 Å². The van der Waals surface area contributed by atoms with Crippen LogP contribution < -0.4 is 9.64 Å². The Kier molecular flexibility index (Phi) is 8.27. The Balaban J connectivity index is 2.22. The number of azo groups is 1. The van der Waals surface area contributed by atoms with Crippen LogP contribution in [0.15, 0.2) is 57.6 Å². The molecule has 164 valence electrons. The Morgan fingerprint density at radius 2 is 1.73 bits per heavy atom. The number of methoxy groups -OCH3 is 2. The van der Waals surface area contributed by atoms with Crippen LogP contribution in [-0.4, -0.2) is 41.7 Å². The molecule has 30 heavy (non-hydrogen) atoms. The van der Waals surface area contributed by atoms with E-state index in [2.05, 4.69) is 15.1 Å². The van der Waals surface area contributed by atoms with Gasteiger partial charge >= 0.3 is 10.2 Å². The summed E-state index contributed by atoms with van der Waals surface area (Å²) in [7, 11) is -1.87. The number of benzene rings is 2. The van der Waals surface area contributed by atoms with Gasteiger partial charge in [-0.15, -0.1) is 9.00 Å². The lowest BCUT2D eigenvalue weighted by Gasteiger charge is -2.31. The molecule has 2 aromatic carbocycles. The van der Waals surface area contributed by atoms with Crippen molar-refractivity contribution in [1.82, 2.24) is 0 Å².